The summed E-state index contributed by atoms with van der Waals surface area (Å²) in [6.07, 6.45) is 5.54. The van der Waals surface area contributed by atoms with Gasteiger partial charge in [-0.05, 0) is 30.4 Å². The minimum Gasteiger partial charge on any atom is -0.389 e. The van der Waals surface area contributed by atoms with Crippen LogP contribution in [0.4, 0.5) is 0 Å². The van der Waals surface area contributed by atoms with E-state index in [2.05, 4.69) is 0 Å². The van der Waals surface area contributed by atoms with Crippen LogP contribution in [0.2, 0.25) is 0 Å². The molecule has 2 rings (SSSR count). The van der Waals surface area contributed by atoms with Crippen molar-refractivity contribution < 1.29 is 10.2 Å². The third-order valence-corrected chi connectivity index (χ3v) is 2.48. The molecule has 0 spiro atoms. The van der Waals surface area contributed by atoms with Crippen molar-refractivity contribution in [1.29, 1.82) is 0 Å². The van der Waals surface area contributed by atoms with E-state index >= 15 is 0 Å². The van der Waals surface area contributed by atoms with Crippen LogP contribution in [0.1, 0.15) is 19.3 Å². The van der Waals surface area contributed by atoms with Gasteiger partial charge in [0.2, 0.25) is 0 Å². The Morgan fingerprint density at radius 2 is 1.91 bits per heavy atom. The van der Waals surface area contributed by atoms with Gasteiger partial charge in [-0.3, -0.25) is 0 Å². The molecule has 11 heavy (non-hydrogen) atoms. The third kappa shape index (κ3) is 1.03. The number of rotatable bonds is 0. The number of allylic oxidation sites excluding steroid dienone is 1. The van der Waals surface area contributed by atoms with Gasteiger partial charge in [0.25, 0.3) is 0 Å². The van der Waals surface area contributed by atoms with E-state index < -0.39 is 0 Å². The fourth-order valence-electron chi connectivity index (χ4n) is 1.84. The predicted molar refractivity (Wildman–Crippen MR) is 42.0 cm³/mol. The topological polar surface area (TPSA) is 40.5 Å². The van der Waals surface area contributed by atoms with Crippen molar-refractivity contribution in [3.05, 3.63) is 23.3 Å². The van der Waals surface area contributed by atoms with Crippen molar-refractivity contribution in [1.82, 2.24) is 0 Å². The summed E-state index contributed by atoms with van der Waals surface area (Å²) in [4.78, 5) is 0. The summed E-state index contributed by atoms with van der Waals surface area (Å²) in [6, 6.07) is 0. The Bertz CT molecular complexity index is 228. The zero-order valence-electron chi connectivity index (χ0n) is 6.33. The molecule has 2 atom stereocenters. The molecule has 0 aromatic rings. The van der Waals surface area contributed by atoms with E-state index in [1.54, 1.807) is 0 Å². The van der Waals surface area contributed by atoms with Crippen molar-refractivity contribution in [3.63, 3.8) is 0 Å². The van der Waals surface area contributed by atoms with Gasteiger partial charge in [0.1, 0.15) is 0 Å². The van der Waals surface area contributed by atoms with Gasteiger partial charge in [-0.2, -0.15) is 0 Å². The molecule has 0 bridgehead atoms. The first-order chi connectivity index (χ1) is 5.29. The van der Waals surface area contributed by atoms with Crippen LogP contribution in [0.3, 0.4) is 0 Å². The molecule has 60 valence electrons. The molecular weight excluding hydrogens is 140 g/mol. The van der Waals surface area contributed by atoms with E-state index in [9.17, 15) is 10.2 Å². The Hall–Kier alpha value is -0.600. The summed E-state index contributed by atoms with van der Waals surface area (Å²) in [5.41, 5.74) is 1.99. The minimum atomic E-state index is -0.327. The maximum Gasteiger partial charge on any atom is 0.0791 e. The summed E-state index contributed by atoms with van der Waals surface area (Å²) in [5.74, 6) is 0. The first-order valence-electron chi connectivity index (χ1n) is 4.04. The molecule has 0 aromatic heterocycles. The van der Waals surface area contributed by atoms with Crippen molar-refractivity contribution in [2.24, 2.45) is 0 Å². The fraction of sp³-hybridized carbons (Fsp3) is 0.556. The van der Waals surface area contributed by atoms with Gasteiger partial charge in [0.05, 0.1) is 12.2 Å². The molecule has 0 heterocycles. The number of hydrogen-bond donors (Lipinski definition) is 2. The molecule has 0 saturated carbocycles. The highest BCUT2D eigenvalue weighted by Crippen LogP contribution is 2.32. The van der Waals surface area contributed by atoms with Gasteiger partial charge in [0.15, 0.2) is 0 Å². The summed E-state index contributed by atoms with van der Waals surface area (Å²) in [5, 5.41) is 19.0. The molecule has 0 fully saturated rings. The summed E-state index contributed by atoms with van der Waals surface area (Å²) < 4.78 is 0. The summed E-state index contributed by atoms with van der Waals surface area (Å²) in [7, 11) is 0. The lowest BCUT2D eigenvalue weighted by atomic mass is 9.89. The third-order valence-electron chi connectivity index (χ3n) is 2.48. The van der Waals surface area contributed by atoms with E-state index in [1.807, 2.05) is 12.2 Å². The van der Waals surface area contributed by atoms with E-state index in [4.69, 9.17) is 0 Å². The van der Waals surface area contributed by atoms with Gasteiger partial charge in [-0.1, -0.05) is 12.2 Å². The van der Waals surface area contributed by atoms with Crippen LogP contribution in [-0.2, 0) is 0 Å². The van der Waals surface area contributed by atoms with Gasteiger partial charge < -0.3 is 10.2 Å². The maximum absolute atomic E-state index is 9.49. The lowest BCUT2D eigenvalue weighted by Gasteiger charge is -2.24. The zero-order chi connectivity index (χ0) is 7.84. The molecule has 2 unspecified atom stereocenters. The van der Waals surface area contributed by atoms with Crippen molar-refractivity contribution in [2.75, 3.05) is 0 Å². The molecule has 0 radical (unpaired) electrons. The van der Waals surface area contributed by atoms with Crippen molar-refractivity contribution >= 4 is 0 Å². The van der Waals surface area contributed by atoms with Gasteiger partial charge >= 0.3 is 0 Å². The number of aliphatic hydroxyl groups is 2. The molecule has 2 aliphatic carbocycles. The summed E-state index contributed by atoms with van der Waals surface area (Å²) >= 11 is 0. The molecule has 0 aromatic carbocycles. The van der Waals surface area contributed by atoms with E-state index in [0.717, 1.165) is 17.6 Å². The minimum absolute atomic E-state index is 0.302. The molecule has 2 aliphatic rings. The Balaban J connectivity index is 2.32. The van der Waals surface area contributed by atoms with Crippen molar-refractivity contribution in [2.45, 2.75) is 31.5 Å². The van der Waals surface area contributed by atoms with Crippen LogP contribution in [0, 0.1) is 0 Å². The summed E-state index contributed by atoms with van der Waals surface area (Å²) in [6.45, 7) is 0. The van der Waals surface area contributed by atoms with Crippen LogP contribution in [0.15, 0.2) is 23.3 Å². The highest BCUT2D eigenvalue weighted by atomic mass is 16.3. The molecule has 2 nitrogen and oxygen atoms in total. The molecule has 2 N–H and O–H groups in total. The Morgan fingerprint density at radius 1 is 1.18 bits per heavy atom. The monoisotopic (exact) mass is 152 g/mol. The highest BCUT2D eigenvalue weighted by molar-refractivity contribution is 5.40. The Labute approximate surface area is 65.9 Å². The average Bonchev–Trinajstić information content (AvgIpc) is 2.45. The van der Waals surface area contributed by atoms with E-state index in [0.29, 0.717) is 12.8 Å². The standard InChI is InChI=1S/C9H12O2/c10-8-4-5-9(11)7-3-1-2-6(7)8/h1-2,8-11H,3-5H2. The lowest BCUT2D eigenvalue weighted by Crippen LogP contribution is -2.24. The highest BCUT2D eigenvalue weighted by Gasteiger charge is 2.27. The first kappa shape index (κ1) is 7.07. The van der Waals surface area contributed by atoms with Gasteiger partial charge in [0, 0.05) is 0 Å². The smallest absolute Gasteiger partial charge is 0.0791 e. The second-order valence-corrected chi connectivity index (χ2v) is 3.20. The quantitative estimate of drug-likeness (QED) is 0.538. The number of aliphatic hydroxyl groups excluding tert-OH is 2. The average molecular weight is 152 g/mol. The van der Waals surface area contributed by atoms with E-state index in [1.165, 1.54) is 0 Å². The SMILES string of the molecule is OC1CCC(O)C2=C1C=CC2. The lowest BCUT2D eigenvalue weighted by molar-refractivity contribution is 0.130. The molecular formula is C9H12O2. The fourth-order valence-corrected chi connectivity index (χ4v) is 1.84. The molecule has 0 saturated heterocycles. The molecule has 0 aliphatic heterocycles. The Kier molecular flexibility index (Phi) is 1.59. The largest absolute Gasteiger partial charge is 0.389 e. The van der Waals surface area contributed by atoms with Crippen LogP contribution >= 0.6 is 0 Å². The zero-order valence-corrected chi connectivity index (χ0v) is 6.33. The molecule has 2 heteroatoms. The molecule has 0 amide bonds. The van der Waals surface area contributed by atoms with Crippen LogP contribution in [0.25, 0.3) is 0 Å². The van der Waals surface area contributed by atoms with Crippen LogP contribution in [0.5, 0.6) is 0 Å². The number of hydrogen-bond acceptors (Lipinski definition) is 2. The van der Waals surface area contributed by atoms with Gasteiger partial charge in [-0.25, -0.2) is 0 Å². The Morgan fingerprint density at radius 3 is 2.64 bits per heavy atom. The second-order valence-electron chi connectivity index (χ2n) is 3.20. The van der Waals surface area contributed by atoms with Crippen LogP contribution < -0.4 is 0 Å². The van der Waals surface area contributed by atoms with Crippen LogP contribution in [-0.4, -0.2) is 22.4 Å². The predicted octanol–water partition coefficient (Wildman–Crippen LogP) is 0.758. The normalized spacial score (nSPS) is 36.2. The maximum atomic E-state index is 9.49. The van der Waals surface area contributed by atoms with E-state index in [-0.39, 0.29) is 12.2 Å². The second kappa shape index (κ2) is 2.47. The first-order valence-corrected chi connectivity index (χ1v) is 4.04. The van der Waals surface area contributed by atoms with Gasteiger partial charge in [-0.15, -0.1) is 0 Å². The van der Waals surface area contributed by atoms with Crippen molar-refractivity contribution in [3.8, 4) is 0 Å².